The van der Waals surface area contributed by atoms with Crippen LogP contribution in [0.15, 0.2) is 66.7 Å². The lowest BCUT2D eigenvalue weighted by molar-refractivity contribution is -0.117. The van der Waals surface area contributed by atoms with Crippen molar-refractivity contribution in [3.05, 3.63) is 89.0 Å². The molecule has 1 heterocycles. The van der Waals surface area contributed by atoms with Crippen molar-refractivity contribution in [3.8, 4) is 11.5 Å². The van der Waals surface area contributed by atoms with Crippen molar-refractivity contribution in [2.75, 3.05) is 46.7 Å². The minimum absolute atomic E-state index is 0.0763. The van der Waals surface area contributed by atoms with E-state index in [1.165, 1.54) is 10.5 Å². The molecule has 0 saturated carbocycles. The van der Waals surface area contributed by atoms with Gasteiger partial charge in [0.25, 0.3) is 5.91 Å². The van der Waals surface area contributed by atoms with E-state index < -0.39 is 0 Å². The van der Waals surface area contributed by atoms with Gasteiger partial charge in [-0.1, -0.05) is 30.3 Å². The van der Waals surface area contributed by atoms with Gasteiger partial charge in [-0.05, 0) is 59.5 Å². The number of nitrogens with zero attached hydrogens (tertiary/aromatic N) is 2. The smallest absolute Gasteiger partial charge is 0.253 e. The SMILES string of the molecule is COc1cc2c(cc1OC)C(c1ccccc1)N(CC(=O)Nc1ccc(C(=O)N(C)C)cc1)CC2. The number of rotatable bonds is 7. The summed E-state index contributed by atoms with van der Waals surface area (Å²) in [6, 6.07) is 21.1. The maximum atomic E-state index is 13.0. The van der Waals surface area contributed by atoms with E-state index >= 15 is 0 Å². The van der Waals surface area contributed by atoms with Crippen LogP contribution in [0.3, 0.4) is 0 Å². The normalized spacial score (nSPS) is 15.1. The maximum absolute atomic E-state index is 13.0. The zero-order chi connectivity index (χ0) is 24.9. The molecule has 7 nitrogen and oxygen atoms in total. The molecular weight excluding hydrogens is 442 g/mol. The molecule has 0 spiro atoms. The van der Waals surface area contributed by atoms with Crippen molar-refractivity contribution in [2.24, 2.45) is 0 Å². The molecule has 3 aromatic carbocycles. The first-order valence-electron chi connectivity index (χ1n) is 11.6. The molecule has 0 radical (unpaired) electrons. The van der Waals surface area contributed by atoms with Gasteiger partial charge < -0.3 is 19.7 Å². The number of fused-ring (bicyclic) bond motifs is 1. The quantitative estimate of drug-likeness (QED) is 0.562. The minimum atomic E-state index is -0.110. The highest BCUT2D eigenvalue weighted by molar-refractivity contribution is 5.96. The van der Waals surface area contributed by atoms with Gasteiger partial charge in [0.2, 0.25) is 5.91 Å². The summed E-state index contributed by atoms with van der Waals surface area (Å²) >= 11 is 0. The van der Waals surface area contributed by atoms with Crippen molar-refractivity contribution < 1.29 is 19.1 Å². The largest absolute Gasteiger partial charge is 0.493 e. The second kappa shape index (κ2) is 10.6. The average molecular weight is 474 g/mol. The summed E-state index contributed by atoms with van der Waals surface area (Å²) in [5.74, 6) is 1.19. The highest BCUT2D eigenvalue weighted by atomic mass is 16.5. The van der Waals surface area contributed by atoms with Crippen molar-refractivity contribution in [1.82, 2.24) is 9.80 Å². The van der Waals surface area contributed by atoms with E-state index in [9.17, 15) is 9.59 Å². The Balaban J connectivity index is 1.57. The number of anilines is 1. The molecule has 2 amide bonds. The van der Waals surface area contributed by atoms with E-state index in [0.717, 1.165) is 24.1 Å². The molecular formula is C28H31N3O4. The van der Waals surface area contributed by atoms with Crippen LogP contribution in [0.4, 0.5) is 5.69 Å². The molecule has 3 aromatic rings. The summed E-state index contributed by atoms with van der Waals surface area (Å²) in [4.78, 5) is 28.9. The molecule has 0 aliphatic carbocycles. The summed E-state index contributed by atoms with van der Waals surface area (Å²) in [6.45, 7) is 0.956. The predicted octanol–water partition coefficient (Wildman–Crippen LogP) is 3.99. The molecule has 1 unspecified atom stereocenters. The van der Waals surface area contributed by atoms with E-state index in [2.05, 4.69) is 22.3 Å². The van der Waals surface area contributed by atoms with Gasteiger partial charge in [-0.25, -0.2) is 0 Å². The van der Waals surface area contributed by atoms with Crippen LogP contribution in [0.2, 0.25) is 0 Å². The van der Waals surface area contributed by atoms with Crippen LogP contribution in [-0.2, 0) is 11.2 Å². The summed E-state index contributed by atoms with van der Waals surface area (Å²) in [5, 5.41) is 2.97. The number of hydrogen-bond donors (Lipinski definition) is 1. The Bertz CT molecular complexity index is 1190. The fourth-order valence-corrected chi connectivity index (χ4v) is 4.53. The van der Waals surface area contributed by atoms with E-state index in [4.69, 9.17) is 9.47 Å². The lowest BCUT2D eigenvalue weighted by Crippen LogP contribution is -2.41. The fraction of sp³-hybridized carbons (Fsp3) is 0.286. The van der Waals surface area contributed by atoms with E-state index in [-0.39, 0.29) is 24.4 Å². The molecule has 0 fully saturated rings. The number of nitrogens with one attached hydrogen (secondary N) is 1. The molecule has 1 N–H and O–H groups in total. The third kappa shape index (κ3) is 5.30. The van der Waals surface area contributed by atoms with Gasteiger partial charge >= 0.3 is 0 Å². The molecule has 0 bridgehead atoms. The van der Waals surface area contributed by atoms with Crippen LogP contribution in [0.1, 0.15) is 33.1 Å². The van der Waals surface area contributed by atoms with Crippen LogP contribution in [-0.4, -0.2) is 63.0 Å². The third-order valence-corrected chi connectivity index (χ3v) is 6.26. The van der Waals surface area contributed by atoms with Crippen LogP contribution in [0, 0.1) is 0 Å². The topological polar surface area (TPSA) is 71.1 Å². The van der Waals surface area contributed by atoms with Gasteiger partial charge in [0.05, 0.1) is 26.8 Å². The Morgan fingerprint density at radius 1 is 0.971 bits per heavy atom. The van der Waals surface area contributed by atoms with Crippen LogP contribution >= 0.6 is 0 Å². The maximum Gasteiger partial charge on any atom is 0.253 e. The van der Waals surface area contributed by atoms with E-state index in [1.807, 2.05) is 30.3 Å². The van der Waals surface area contributed by atoms with E-state index in [0.29, 0.717) is 22.7 Å². The van der Waals surface area contributed by atoms with Crippen molar-refractivity contribution in [2.45, 2.75) is 12.5 Å². The van der Waals surface area contributed by atoms with Crippen LogP contribution < -0.4 is 14.8 Å². The van der Waals surface area contributed by atoms with Crippen LogP contribution in [0.5, 0.6) is 11.5 Å². The highest BCUT2D eigenvalue weighted by Crippen LogP contribution is 2.40. The molecule has 4 rings (SSSR count). The van der Waals surface area contributed by atoms with Crippen molar-refractivity contribution >= 4 is 17.5 Å². The third-order valence-electron chi connectivity index (χ3n) is 6.26. The summed E-state index contributed by atoms with van der Waals surface area (Å²) in [6.07, 6.45) is 0.799. The van der Waals surface area contributed by atoms with Crippen molar-refractivity contribution in [1.29, 1.82) is 0 Å². The van der Waals surface area contributed by atoms with Gasteiger partial charge in [-0.2, -0.15) is 0 Å². The molecule has 182 valence electrons. The second-order valence-electron chi connectivity index (χ2n) is 8.76. The number of amides is 2. The standard InChI is InChI=1S/C28H31N3O4/c1-30(2)28(33)20-10-12-22(13-11-20)29-26(32)18-31-15-14-21-16-24(34-3)25(35-4)17-23(21)27(31)19-8-6-5-7-9-19/h5-13,16-17,27H,14-15,18H2,1-4H3,(H,29,32). The highest BCUT2D eigenvalue weighted by Gasteiger charge is 2.31. The van der Waals surface area contributed by atoms with E-state index in [1.54, 1.807) is 52.6 Å². The Kier molecular flexibility index (Phi) is 7.36. The first-order valence-corrected chi connectivity index (χ1v) is 11.6. The molecule has 0 saturated heterocycles. The summed E-state index contributed by atoms with van der Waals surface area (Å²) in [7, 11) is 6.70. The second-order valence-corrected chi connectivity index (χ2v) is 8.76. The molecule has 1 aliphatic rings. The number of benzene rings is 3. The monoisotopic (exact) mass is 473 g/mol. The van der Waals surface area contributed by atoms with Gasteiger partial charge in [0, 0.05) is 31.9 Å². The Morgan fingerprint density at radius 2 is 1.63 bits per heavy atom. The molecule has 7 heteroatoms. The number of ether oxygens (including phenoxy) is 2. The van der Waals surface area contributed by atoms with Crippen molar-refractivity contribution in [3.63, 3.8) is 0 Å². The number of hydrogen-bond acceptors (Lipinski definition) is 5. The lowest BCUT2D eigenvalue weighted by Gasteiger charge is -2.37. The van der Waals surface area contributed by atoms with Crippen LogP contribution in [0.25, 0.3) is 0 Å². The van der Waals surface area contributed by atoms with Gasteiger partial charge in [-0.3, -0.25) is 14.5 Å². The molecule has 35 heavy (non-hydrogen) atoms. The number of carbonyl (C=O) groups is 2. The van der Waals surface area contributed by atoms with Gasteiger partial charge in [-0.15, -0.1) is 0 Å². The molecule has 1 aliphatic heterocycles. The zero-order valence-electron chi connectivity index (χ0n) is 20.6. The lowest BCUT2D eigenvalue weighted by atomic mass is 9.87. The Labute approximate surface area is 206 Å². The number of carbonyl (C=O) groups excluding carboxylic acids is 2. The Hall–Kier alpha value is -3.84. The predicted molar refractivity (Wildman–Crippen MR) is 136 cm³/mol. The zero-order valence-corrected chi connectivity index (χ0v) is 20.6. The molecule has 1 atom stereocenters. The first-order chi connectivity index (χ1) is 16.9. The van der Waals surface area contributed by atoms with Gasteiger partial charge in [0.1, 0.15) is 0 Å². The Morgan fingerprint density at radius 3 is 2.26 bits per heavy atom. The minimum Gasteiger partial charge on any atom is -0.493 e. The average Bonchev–Trinajstić information content (AvgIpc) is 2.88. The first kappa shape index (κ1) is 24.3. The molecule has 0 aromatic heterocycles. The van der Waals surface area contributed by atoms with Gasteiger partial charge in [0.15, 0.2) is 11.5 Å². The fourth-order valence-electron chi connectivity index (χ4n) is 4.53. The summed E-state index contributed by atoms with van der Waals surface area (Å²) < 4.78 is 11.1. The number of methoxy groups -OCH3 is 2. The summed E-state index contributed by atoms with van der Waals surface area (Å²) in [5.41, 5.74) is 4.65.